The predicted molar refractivity (Wildman–Crippen MR) is 110 cm³/mol. The van der Waals surface area contributed by atoms with E-state index in [1.165, 1.54) is 6.07 Å². The fraction of sp³-hybridized carbons (Fsp3) is 0.545. The van der Waals surface area contributed by atoms with Crippen LogP contribution in [0.4, 0.5) is 4.39 Å². The summed E-state index contributed by atoms with van der Waals surface area (Å²) in [7, 11) is 0. The van der Waals surface area contributed by atoms with E-state index in [1.807, 2.05) is 11.8 Å². The molecular weight excluding hydrogens is 371 g/mol. The zero-order valence-corrected chi connectivity index (χ0v) is 17.1. The van der Waals surface area contributed by atoms with Crippen molar-refractivity contribution in [2.45, 2.75) is 51.6 Å². The van der Waals surface area contributed by atoms with Gasteiger partial charge in [-0.3, -0.25) is 14.5 Å². The number of nitrogens with zero attached hydrogens (tertiary/aromatic N) is 2. The first kappa shape index (κ1) is 19.9. The van der Waals surface area contributed by atoms with Crippen molar-refractivity contribution < 1.29 is 14.0 Å². The third-order valence-electron chi connectivity index (χ3n) is 6.45. The highest BCUT2D eigenvalue weighted by Gasteiger charge is 2.30. The van der Waals surface area contributed by atoms with E-state index in [9.17, 15) is 14.0 Å². The SMILES string of the molecule is CC(=O)N1CCN(C2CCCC(NC(=O)c3cc4c(F)ccc(C)c4[nH]3)C2)CC1. The van der Waals surface area contributed by atoms with Crippen LogP contribution in [0.5, 0.6) is 0 Å². The van der Waals surface area contributed by atoms with Crippen LogP contribution in [0.2, 0.25) is 0 Å². The first-order valence-corrected chi connectivity index (χ1v) is 10.5. The van der Waals surface area contributed by atoms with Gasteiger partial charge in [0.2, 0.25) is 5.91 Å². The third kappa shape index (κ3) is 4.15. The fourth-order valence-electron chi connectivity index (χ4n) is 4.74. The van der Waals surface area contributed by atoms with Gasteiger partial charge in [-0.25, -0.2) is 4.39 Å². The van der Waals surface area contributed by atoms with Crippen LogP contribution in [-0.2, 0) is 4.79 Å². The molecule has 0 radical (unpaired) electrons. The monoisotopic (exact) mass is 400 g/mol. The van der Waals surface area contributed by atoms with E-state index in [0.717, 1.165) is 57.4 Å². The molecule has 2 unspecified atom stereocenters. The van der Waals surface area contributed by atoms with E-state index in [1.54, 1.807) is 19.1 Å². The summed E-state index contributed by atoms with van der Waals surface area (Å²) < 4.78 is 14.1. The molecule has 1 aromatic carbocycles. The van der Waals surface area contributed by atoms with Crippen molar-refractivity contribution in [3.05, 3.63) is 35.3 Å². The van der Waals surface area contributed by atoms with Gasteiger partial charge in [-0.15, -0.1) is 0 Å². The Balaban J connectivity index is 1.38. The smallest absolute Gasteiger partial charge is 0.267 e. The van der Waals surface area contributed by atoms with Gasteiger partial charge in [0.15, 0.2) is 0 Å². The number of hydrogen-bond acceptors (Lipinski definition) is 3. The number of carbonyl (C=O) groups excluding carboxylic acids is 2. The van der Waals surface area contributed by atoms with E-state index >= 15 is 0 Å². The fourth-order valence-corrected chi connectivity index (χ4v) is 4.74. The Kier molecular flexibility index (Phi) is 5.58. The number of amides is 2. The van der Waals surface area contributed by atoms with Crippen molar-refractivity contribution in [2.24, 2.45) is 0 Å². The van der Waals surface area contributed by atoms with Gasteiger partial charge in [0.1, 0.15) is 11.5 Å². The molecule has 0 bridgehead atoms. The van der Waals surface area contributed by atoms with Crippen molar-refractivity contribution in [2.75, 3.05) is 26.2 Å². The number of fused-ring (bicyclic) bond motifs is 1. The van der Waals surface area contributed by atoms with Crippen LogP contribution in [0.3, 0.4) is 0 Å². The van der Waals surface area contributed by atoms with Gasteiger partial charge in [0.05, 0.1) is 5.52 Å². The van der Waals surface area contributed by atoms with E-state index in [-0.39, 0.29) is 23.7 Å². The van der Waals surface area contributed by atoms with Crippen LogP contribution in [0, 0.1) is 12.7 Å². The Hall–Kier alpha value is -2.41. The number of aromatic nitrogens is 1. The standard InChI is InChI=1S/C22H29FN4O2/c1-14-6-7-19(23)18-13-20(25-21(14)18)22(29)24-16-4-3-5-17(12-16)27-10-8-26(9-11-27)15(2)28/h6-7,13,16-17,25H,3-5,8-12H2,1-2H3,(H,24,29). The molecule has 6 nitrogen and oxygen atoms in total. The van der Waals surface area contributed by atoms with Crippen LogP contribution >= 0.6 is 0 Å². The lowest BCUT2D eigenvalue weighted by molar-refractivity contribution is -0.131. The van der Waals surface area contributed by atoms with Crippen LogP contribution in [0.25, 0.3) is 10.9 Å². The minimum Gasteiger partial charge on any atom is -0.350 e. The number of H-pyrrole nitrogens is 1. The molecule has 2 heterocycles. The maximum Gasteiger partial charge on any atom is 0.267 e. The molecule has 2 atom stereocenters. The number of aromatic amines is 1. The lowest BCUT2D eigenvalue weighted by Crippen LogP contribution is -2.54. The Morgan fingerprint density at radius 2 is 1.93 bits per heavy atom. The minimum absolute atomic E-state index is 0.115. The van der Waals surface area contributed by atoms with E-state index < -0.39 is 0 Å². The minimum atomic E-state index is -0.316. The van der Waals surface area contributed by atoms with Crippen LogP contribution in [-0.4, -0.2) is 64.9 Å². The summed E-state index contributed by atoms with van der Waals surface area (Å²) in [5.41, 5.74) is 2.01. The second-order valence-corrected chi connectivity index (χ2v) is 8.37. The van der Waals surface area contributed by atoms with Crippen molar-refractivity contribution in [1.82, 2.24) is 20.1 Å². The van der Waals surface area contributed by atoms with Gasteiger partial charge in [0.25, 0.3) is 5.91 Å². The lowest BCUT2D eigenvalue weighted by Gasteiger charge is -2.42. The number of rotatable bonds is 3. The Labute approximate surface area is 170 Å². The molecule has 2 aliphatic rings. The van der Waals surface area contributed by atoms with E-state index in [0.29, 0.717) is 22.6 Å². The van der Waals surface area contributed by atoms with Crippen LogP contribution in [0.15, 0.2) is 18.2 Å². The first-order chi connectivity index (χ1) is 13.9. The molecule has 156 valence electrons. The van der Waals surface area contributed by atoms with Crippen molar-refractivity contribution in [3.8, 4) is 0 Å². The zero-order chi connectivity index (χ0) is 20.5. The van der Waals surface area contributed by atoms with Crippen molar-refractivity contribution in [1.29, 1.82) is 0 Å². The third-order valence-corrected chi connectivity index (χ3v) is 6.45. The summed E-state index contributed by atoms with van der Waals surface area (Å²) in [4.78, 5) is 31.8. The highest BCUT2D eigenvalue weighted by atomic mass is 19.1. The summed E-state index contributed by atoms with van der Waals surface area (Å²) in [6.07, 6.45) is 4.08. The molecule has 2 fully saturated rings. The average Bonchev–Trinajstić information content (AvgIpc) is 3.18. The van der Waals surface area contributed by atoms with Gasteiger partial charge in [0, 0.05) is 50.6 Å². The number of aryl methyl sites for hydroxylation is 1. The molecule has 1 aliphatic heterocycles. The van der Waals surface area contributed by atoms with Crippen LogP contribution < -0.4 is 5.32 Å². The summed E-state index contributed by atoms with van der Waals surface area (Å²) in [6, 6.07) is 5.31. The largest absolute Gasteiger partial charge is 0.350 e. The quantitative estimate of drug-likeness (QED) is 0.833. The average molecular weight is 400 g/mol. The Morgan fingerprint density at radius 1 is 1.17 bits per heavy atom. The first-order valence-electron chi connectivity index (χ1n) is 10.5. The molecule has 1 aromatic heterocycles. The summed E-state index contributed by atoms with van der Waals surface area (Å²) in [5, 5.41) is 3.61. The molecule has 1 saturated heterocycles. The van der Waals surface area contributed by atoms with Gasteiger partial charge in [-0.1, -0.05) is 6.07 Å². The molecule has 1 saturated carbocycles. The van der Waals surface area contributed by atoms with Gasteiger partial charge in [-0.2, -0.15) is 0 Å². The highest BCUT2D eigenvalue weighted by Crippen LogP contribution is 2.26. The molecule has 29 heavy (non-hydrogen) atoms. The number of carbonyl (C=O) groups is 2. The van der Waals surface area contributed by atoms with Crippen molar-refractivity contribution >= 4 is 22.7 Å². The normalized spacial score (nSPS) is 23.3. The van der Waals surface area contributed by atoms with Crippen molar-refractivity contribution in [3.63, 3.8) is 0 Å². The number of piperazine rings is 1. The summed E-state index contributed by atoms with van der Waals surface area (Å²) in [5.74, 6) is -0.348. The van der Waals surface area contributed by atoms with Gasteiger partial charge in [-0.05, 0) is 50.3 Å². The number of benzene rings is 1. The second kappa shape index (κ2) is 8.14. The number of halogens is 1. The maximum absolute atomic E-state index is 14.1. The summed E-state index contributed by atoms with van der Waals surface area (Å²) >= 11 is 0. The maximum atomic E-state index is 14.1. The molecule has 2 aromatic rings. The highest BCUT2D eigenvalue weighted by molar-refractivity contribution is 5.99. The molecule has 0 spiro atoms. The molecule has 7 heteroatoms. The van der Waals surface area contributed by atoms with Gasteiger partial charge < -0.3 is 15.2 Å². The topological polar surface area (TPSA) is 68.4 Å². The molecule has 2 N–H and O–H groups in total. The Bertz CT molecular complexity index is 878. The number of nitrogens with one attached hydrogen (secondary N) is 2. The lowest BCUT2D eigenvalue weighted by atomic mass is 9.89. The molecule has 1 aliphatic carbocycles. The molecular formula is C22H29FN4O2. The second-order valence-electron chi connectivity index (χ2n) is 8.37. The zero-order valence-electron chi connectivity index (χ0n) is 17.1. The molecule has 2 amide bonds. The van der Waals surface area contributed by atoms with Gasteiger partial charge >= 0.3 is 0 Å². The molecule has 4 rings (SSSR count). The van der Waals surface area contributed by atoms with E-state index in [2.05, 4.69) is 15.2 Å². The predicted octanol–water partition coefficient (Wildman–Crippen LogP) is 2.82. The van der Waals surface area contributed by atoms with Crippen LogP contribution in [0.1, 0.15) is 48.7 Å². The van der Waals surface area contributed by atoms with E-state index in [4.69, 9.17) is 0 Å². The Morgan fingerprint density at radius 3 is 2.62 bits per heavy atom. The number of hydrogen-bond donors (Lipinski definition) is 2. The summed E-state index contributed by atoms with van der Waals surface area (Å²) in [6.45, 7) is 6.87.